The van der Waals surface area contributed by atoms with Gasteiger partial charge in [-0.3, -0.25) is 0 Å². The molecule has 1 atom stereocenters. The van der Waals surface area contributed by atoms with Crippen molar-refractivity contribution in [3.63, 3.8) is 0 Å². The summed E-state index contributed by atoms with van der Waals surface area (Å²) in [5, 5.41) is 8.21. The first-order valence-corrected chi connectivity index (χ1v) is 2.39. The first-order chi connectivity index (χ1) is 4.42. The van der Waals surface area contributed by atoms with Crippen LogP contribution in [-0.4, -0.2) is 23.6 Å². The van der Waals surface area contributed by atoms with Crippen molar-refractivity contribution in [2.75, 3.05) is 0 Å². The van der Waals surface area contributed by atoms with E-state index in [1.165, 1.54) is 0 Å². The largest absolute Gasteiger partial charge is 0.382 e. The molecule has 0 saturated heterocycles. The molecular formula is C5H6F4O. The molecule has 0 fully saturated rings. The monoisotopic (exact) mass is 158 g/mol. The Morgan fingerprint density at radius 3 is 1.90 bits per heavy atom. The van der Waals surface area contributed by atoms with Crippen molar-refractivity contribution in [3.8, 4) is 0 Å². The molecule has 1 N–H and O–H groups in total. The van der Waals surface area contributed by atoms with E-state index in [-0.39, 0.29) is 0 Å². The lowest BCUT2D eigenvalue weighted by molar-refractivity contribution is -0.177. The Labute approximate surface area is 55.0 Å². The van der Waals surface area contributed by atoms with E-state index in [0.717, 1.165) is 0 Å². The number of rotatable bonds is 3. The van der Waals surface area contributed by atoms with Crippen LogP contribution in [0.4, 0.5) is 17.6 Å². The van der Waals surface area contributed by atoms with Gasteiger partial charge in [0.2, 0.25) is 0 Å². The van der Waals surface area contributed by atoms with Crippen LogP contribution in [0.1, 0.15) is 0 Å². The summed E-state index contributed by atoms with van der Waals surface area (Å²) in [7, 11) is 0. The summed E-state index contributed by atoms with van der Waals surface area (Å²) in [6.45, 7) is 2.75. The molecule has 0 radical (unpaired) electrons. The third kappa shape index (κ3) is 1.70. The van der Waals surface area contributed by atoms with Gasteiger partial charge in [0.25, 0.3) is 0 Å². The van der Waals surface area contributed by atoms with Gasteiger partial charge in [0.15, 0.2) is 0 Å². The van der Waals surface area contributed by atoms with Crippen LogP contribution < -0.4 is 0 Å². The van der Waals surface area contributed by atoms with E-state index in [1.54, 1.807) is 0 Å². The molecule has 0 rings (SSSR count). The molecule has 0 aliphatic heterocycles. The molecule has 60 valence electrons. The summed E-state index contributed by atoms with van der Waals surface area (Å²) in [6.07, 6.45) is -5.97. The number of halogens is 4. The zero-order valence-corrected chi connectivity index (χ0v) is 4.90. The maximum Gasteiger partial charge on any atom is 0.336 e. The minimum absolute atomic E-state index is 0.367. The highest BCUT2D eigenvalue weighted by Crippen LogP contribution is 2.26. The van der Waals surface area contributed by atoms with Gasteiger partial charge in [0.1, 0.15) is 6.10 Å². The van der Waals surface area contributed by atoms with E-state index in [0.29, 0.717) is 6.08 Å². The highest BCUT2D eigenvalue weighted by molar-refractivity contribution is 4.91. The van der Waals surface area contributed by atoms with E-state index in [1.807, 2.05) is 0 Å². The summed E-state index contributed by atoms with van der Waals surface area (Å²) in [5.41, 5.74) is 0. The smallest absolute Gasteiger partial charge is 0.336 e. The molecule has 0 aromatic heterocycles. The molecule has 0 aliphatic rings. The molecule has 5 heteroatoms. The second kappa shape index (κ2) is 3.01. The molecule has 0 aromatic rings. The maximum atomic E-state index is 11.9. The molecule has 1 nitrogen and oxygen atoms in total. The van der Waals surface area contributed by atoms with Gasteiger partial charge in [-0.2, -0.15) is 8.78 Å². The fraction of sp³-hybridized carbons (Fsp3) is 0.600. The summed E-state index contributed by atoms with van der Waals surface area (Å²) < 4.78 is 46.3. The van der Waals surface area contributed by atoms with Crippen molar-refractivity contribution in [1.29, 1.82) is 0 Å². The molecule has 0 spiro atoms. The van der Waals surface area contributed by atoms with Crippen LogP contribution >= 0.6 is 0 Å². The fourth-order valence-corrected chi connectivity index (χ4v) is 0.286. The molecule has 0 aliphatic carbocycles. The Balaban J connectivity index is 4.22. The first kappa shape index (κ1) is 9.42. The summed E-state index contributed by atoms with van der Waals surface area (Å²) in [5.74, 6) is -4.39. The van der Waals surface area contributed by atoms with Crippen LogP contribution in [0.15, 0.2) is 12.7 Å². The lowest BCUT2D eigenvalue weighted by atomic mass is 10.2. The van der Waals surface area contributed by atoms with Crippen molar-refractivity contribution in [2.45, 2.75) is 18.5 Å². The van der Waals surface area contributed by atoms with E-state index in [4.69, 9.17) is 5.11 Å². The van der Waals surface area contributed by atoms with Crippen LogP contribution in [-0.2, 0) is 0 Å². The van der Waals surface area contributed by atoms with E-state index >= 15 is 0 Å². The molecule has 0 bridgehead atoms. The van der Waals surface area contributed by atoms with Crippen LogP contribution in [0.2, 0.25) is 0 Å². The lowest BCUT2D eigenvalue weighted by Crippen LogP contribution is -2.38. The predicted octanol–water partition coefficient (Wildman–Crippen LogP) is 1.43. The molecule has 0 aromatic carbocycles. The number of alkyl halides is 4. The minimum Gasteiger partial charge on any atom is -0.382 e. The quantitative estimate of drug-likeness (QED) is 0.486. The Morgan fingerprint density at radius 2 is 1.80 bits per heavy atom. The van der Waals surface area contributed by atoms with E-state index < -0.39 is 18.5 Å². The zero-order valence-electron chi connectivity index (χ0n) is 4.90. The van der Waals surface area contributed by atoms with Crippen molar-refractivity contribution < 1.29 is 22.7 Å². The van der Waals surface area contributed by atoms with Crippen molar-refractivity contribution in [3.05, 3.63) is 12.7 Å². The van der Waals surface area contributed by atoms with Crippen LogP contribution in [0.5, 0.6) is 0 Å². The van der Waals surface area contributed by atoms with Gasteiger partial charge in [-0.05, 0) is 0 Å². The fourth-order valence-electron chi connectivity index (χ4n) is 0.286. The van der Waals surface area contributed by atoms with Gasteiger partial charge >= 0.3 is 12.3 Å². The van der Waals surface area contributed by atoms with Gasteiger partial charge in [0, 0.05) is 0 Å². The topological polar surface area (TPSA) is 20.2 Å². The van der Waals surface area contributed by atoms with Crippen molar-refractivity contribution in [2.24, 2.45) is 0 Å². The Morgan fingerprint density at radius 1 is 1.40 bits per heavy atom. The van der Waals surface area contributed by atoms with Gasteiger partial charge < -0.3 is 5.11 Å². The Hall–Kier alpha value is -0.580. The molecule has 10 heavy (non-hydrogen) atoms. The van der Waals surface area contributed by atoms with Gasteiger partial charge in [-0.15, -0.1) is 6.58 Å². The van der Waals surface area contributed by atoms with E-state index in [2.05, 4.69) is 6.58 Å². The summed E-state index contributed by atoms with van der Waals surface area (Å²) in [6, 6.07) is 0. The first-order valence-electron chi connectivity index (χ1n) is 2.39. The minimum atomic E-state index is -4.39. The number of hydrogen-bond acceptors (Lipinski definition) is 1. The molecule has 1 unspecified atom stereocenters. The standard InChI is InChI=1S/C5H6F4O/c1-2-3(10)5(8,9)4(6)7/h2-4,10H,1H2. The SMILES string of the molecule is C=CC(O)C(F)(F)C(F)F. The number of hydrogen-bond donors (Lipinski definition) is 1. The van der Waals surface area contributed by atoms with Gasteiger partial charge in [-0.25, -0.2) is 8.78 Å². The van der Waals surface area contributed by atoms with Crippen molar-refractivity contribution in [1.82, 2.24) is 0 Å². The second-order valence-corrected chi connectivity index (χ2v) is 1.66. The Kier molecular flexibility index (Phi) is 2.83. The van der Waals surface area contributed by atoms with Crippen LogP contribution in [0.25, 0.3) is 0 Å². The zero-order chi connectivity index (χ0) is 8.36. The third-order valence-corrected chi connectivity index (χ3v) is 0.909. The predicted molar refractivity (Wildman–Crippen MR) is 27.2 cm³/mol. The van der Waals surface area contributed by atoms with Gasteiger partial charge in [0.05, 0.1) is 0 Å². The molecule has 0 saturated carbocycles. The highest BCUT2D eigenvalue weighted by Gasteiger charge is 2.46. The molecule has 0 heterocycles. The number of aliphatic hydroxyl groups excluding tert-OH is 1. The normalized spacial score (nSPS) is 15.4. The highest BCUT2D eigenvalue weighted by atomic mass is 19.3. The molecule has 0 amide bonds. The second-order valence-electron chi connectivity index (χ2n) is 1.66. The Bertz CT molecular complexity index is 123. The van der Waals surface area contributed by atoms with Crippen LogP contribution in [0.3, 0.4) is 0 Å². The average molecular weight is 158 g/mol. The third-order valence-electron chi connectivity index (χ3n) is 0.909. The number of aliphatic hydroxyl groups is 1. The lowest BCUT2D eigenvalue weighted by Gasteiger charge is -2.17. The molecular weight excluding hydrogens is 152 g/mol. The summed E-state index contributed by atoms with van der Waals surface area (Å²) in [4.78, 5) is 0. The van der Waals surface area contributed by atoms with Crippen LogP contribution in [0, 0.1) is 0 Å². The van der Waals surface area contributed by atoms with E-state index in [9.17, 15) is 17.6 Å². The van der Waals surface area contributed by atoms with Gasteiger partial charge in [-0.1, -0.05) is 6.08 Å². The maximum absolute atomic E-state index is 11.9. The van der Waals surface area contributed by atoms with Crippen molar-refractivity contribution >= 4 is 0 Å². The summed E-state index contributed by atoms with van der Waals surface area (Å²) >= 11 is 0. The average Bonchev–Trinajstić information content (AvgIpc) is 1.86.